The summed E-state index contributed by atoms with van der Waals surface area (Å²) >= 11 is 0. The molecule has 1 aromatic carbocycles. The molecule has 0 unspecified atom stereocenters. The Kier molecular flexibility index (Phi) is 9.16. The van der Waals surface area contributed by atoms with Gasteiger partial charge < -0.3 is 31.0 Å². The third-order valence-corrected chi connectivity index (χ3v) is 7.12. The summed E-state index contributed by atoms with van der Waals surface area (Å²) in [5.41, 5.74) is -1.77. The summed E-state index contributed by atoms with van der Waals surface area (Å²) in [6.45, 7) is 4.19. The van der Waals surface area contributed by atoms with E-state index in [1.54, 1.807) is 19.9 Å². The van der Waals surface area contributed by atoms with E-state index in [2.05, 4.69) is 20.9 Å². The van der Waals surface area contributed by atoms with Gasteiger partial charge in [0.1, 0.15) is 16.9 Å². The van der Waals surface area contributed by atoms with Crippen molar-refractivity contribution in [3.63, 3.8) is 0 Å². The number of anilines is 2. The molecule has 1 aliphatic rings. The number of hydrogen-bond donors (Lipinski definition) is 4. The van der Waals surface area contributed by atoms with Crippen LogP contribution in [0.3, 0.4) is 0 Å². The van der Waals surface area contributed by atoms with E-state index < -0.39 is 80.8 Å². The molecule has 1 aliphatic heterocycles. The van der Waals surface area contributed by atoms with E-state index in [0.29, 0.717) is 24.2 Å². The summed E-state index contributed by atoms with van der Waals surface area (Å²) in [4.78, 5) is 29.3. The molecule has 1 atom stereocenters. The second kappa shape index (κ2) is 12.5. The summed E-state index contributed by atoms with van der Waals surface area (Å²) in [6.07, 6.45) is -2.60. The molecule has 5 N–H and O–H groups in total. The molecule has 2 aromatic heterocycles. The summed E-state index contributed by atoms with van der Waals surface area (Å²) in [6, 6.07) is 2.66. The maximum atomic E-state index is 16.5. The Balaban J connectivity index is 2.04. The van der Waals surface area contributed by atoms with E-state index in [-0.39, 0.29) is 18.6 Å². The Labute approximate surface area is 248 Å². The SMILES string of the molecule is C/C=C1/CNC(=O)c2c(nc(-c3c(F)c(N)c(F)c(C)c3C(F)(F)F)c(F)c2NCc2ccc(=O)n(C)c2)O[C@@H](C)CCN1. The zero-order valence-corrected chi connectivity index (χ0v) is 24.2. The van der Waals surface area contributed by atoms with E-state index >= 15 is 8.78 Å². The lowest BCUT2D eigenvalue weighted by atomic mass is 9.94. The van der Waals surface area contributed by atoms with Gasteiger partial charge in [0.15, 0.2) is 17.5 Å². The molecular weight excluding hydrogens is 594 g/mol. The summed E-state index contributed by atoms with van der Waals surface area (Å²) < 4.78 is 96.5. The average molecular weight is 625 g/mol. The van der Waals surface area contributed by atoms with Crippen LogP contribution in [0.2, 0.25) is 0 Å². The molecule has 3 aromatic rings. The van der Waals surface area contributed by atoms with Gasteiger partial charge in [-0.05, 0) is 31.9 Å². The van der Waals surface area contributed by atoms with Crippen LogP contribution >= 0.6 is 0 Å². The van der Waals surface area contributed by atoms with Gasteiger partial charge in [0.25, 0.3) is 5.91 Å². The molecule has 0 aliphatic carbocycles. The van der Waals surface area contributed by atoms with E-state index in [1.807, 2.05) is 0 Å². The number of rotatable bonds is 4. The Morgan fingerprint density at radius 3 is 2.48 bits per heavy atom. The van der Waals surface area contributed by atoms with Gasteiger partial charge in [0.05, 0.1) is 29.5 Å². The van der Waals surface area contributed by atoms with Gasteiger partial charge in [-0.2, -0.15) is 13.2 Å². The number of amides is 1. The van der Waals surface area contributed by atoms with Crippen molar-refractivity contribution < 1.29 is 35.9 Å². The first kappa shape index (κ1) is 32.2. The molecular formula is C29H30F6N6O3. The summed E-state index contributed by atoms with van der Waals surface area (Å²) in [5, 5.41) is 8.41. The van der Waals surface area contributed by atoms with Crippen molar-refractivity contribution in [2.75, 3.05) is 24.1 Å². The number of allylic oxidation sites excluding steroid dienone is 1. The van der Waals surface area contributed by atoms with Crippen molar-refractivity contribution in [1.82, 2.24) is 20.2 Å². The van der Waals surface area contributed by atoms with Crippen molar-refractivity contribution in [2.24, 2.45) is 7.05 Å². The second-order valence-corrected chi connectivity index (χ2v) is 10.2. The zero-order valence-electron chi connectivity index (χ0n) is 24.2. The molecule has 3 heterocycles. The maximum absolute atomic E-state index is 16.5. The number of fused-ring (bicyclic) bond motifs is 1. The number of pyridine rings is 2. The van der Waals surface area contributed by atoms with Crippen LogP contribution in [0.25, 0.3) is 11.3 Å². The number of benzene rings is 1. The van der Waals surface area contributed by atoms with Crippen LogP contribution < -0.4 is 32.0 Å². The molecule has 0 bridgehead atoms. The lowest BCUT2D eigenvalue weighted by Gasteiger charge is -2.23. The second-order valence-electron chi connectivity index (χ2n) is 10.2. The highest BCUT2D eigenvalue weighted by molar-refractivity contribution is 6.03. The molecule has 0 saturated carbocycles. The highest BCUT2D eigenvalue weighted by Gasteiger charge is 2.42. The number of nitrogens with two attached hydrogens (primary N) is 1. The maximum Gasteiger partial charge on any atom is 0.417 e. The van der Waals surface area contributed by atoms with Gasteiger partial charge in [-0.1, -0.05) is 12.1 Å². The van der Waals surface area contributed by atoms with Crippen molar-refractivity contribution >= 4 is 17.3 Å². The smallest absolute Gasteiger partial charge is 0.417 e. The average Bonchev–Trinajstić information content (AvgIpc) is 2.98. The lowest BCUT2D eigenvalue weighted by molar-refractivity contribution is -0.137. The first-order valence-corrected chi connectivity index (χ1v) is 13.5. The monoisotopic (exact) mass is 624 g/mol. The molecule has 15 heteroatoms. The van der Waals surface area contributed by atoms with Gasteiger partial charge in [0.2, 0.25) is 11.4 Å². The van der Waals surface area contributed by atoms with E-state index in [4.69, 9.17) is 10.5 Å². The van der Waals surface area contributed by atoms with Crippen molar-refractivity contribution in [3.8, 4) is 17.1 Å². The number of nitrogen functional groups attached to an aromatic ring is 1. The first-order chi connectivity index (χ1) is 20.6. The lowest BCUT2D eigenvalue weighted by Crippen LogP contribution is -2.31. The largest absolute Gasteiger partial charge is 0.474 e. The Hall–Kier alpha value is -4.69. The third-order valence-electron chi connectivity index (χ3n) is 7.12. The Bertz CT molecular complexity index is 1700. The summed E-state index contributed by atoms with van der Waals surface area (Å²) in [5.74, 6) is -6.58. The van der Waals surface area contributed by atoms with Gasteiger partial charge in [-0.25, -0.2) is 18.2 Å². The molecule has 4 rings (SSSR count). The number of aromatic nitrogens is 2. The topological polar surface area (TPSA) is 123 Å². The molecule has 0 radical (unpaired) electrons. The highest BCUT2D eigenvalue weighted by atomic mass is 19.4. The standard InChI is InChI=1S/C29H30F6N6O3/c1-5-16-11-39-27(43)19-25(38-10-15-6-7-17(42)41(4)12-15)23(32)26(40-28(19)44-13(2)8-9-37-16)18-20(29(33,34)35)14(3)21(30)24(36)22(18)31/h5-7,12-13,37H,8-11,36H2,1-4H3,(H,38,40)(H,39,43)/b16-5-/t13-/m0/s1. The van der Waals surface area contributed by atoms with Gasteiger partial charge in [-0.15, -0.1) is 0 Å². The highest BCUT2D eigenvalue weighted by Crippen LogP contribution is 2.46. The fourth-order valence-electron chi connectivity index (χ4n) is 4.75. The van der Waals surface area contributed by atoms with Gasteiger partial charge in [-0.3, -0.25) is 9.59 Å². The minimum atomic E-state index is -5.36. The first-order valence-electron chi connectivity index (χ1n) is 13.5. The Morgan fingerprint density at radius 1 is 1.14 bits per heavy atom. The van der Waals surface area contributed by atoms with Gasteiger partial charge in [0, 0.05) is 44.5 Å². The zero-order chi connectivity index (χ0) is 32.5. The van der Waals surface area contributed by atoms with Crippen LogP contribution in [0.1, 0.15) is 47.3 Å². The predicted molar refractivity (Wildman–Crippen MR) is 152 cm³/mol. The van der Waals surface area contributed by atoms with Gasteiger partial charge >= 0.3 is 6.18 Å². The number of carbonyl (C=O) groups is 1. The number of aryl methyl sites for hydroxylation is 1. The molecule has 44 heavy (non-hydrogen) atoms. The van der Waals surface area contributed by atoms with E-state index in [0.717, 1.165) is 6.92 Å². The summed E-state index contributed by atoms with van der Waals surface area (Å²) in [7, 11) is 1.47. The number of nitrogens with zero attached hydrogens (tertiary/aromatic N) is 2. The number of alkyl halides is 3. The minimum absolute atomic E-state index is 0.0205. The van der Waals surface area contributed by atoms with Crippen molar-refractivity contribution in [1.29, 1.82) is 0 Å². The van der Waals surface area contributed by atoms with Crippen LogP contribution in [0, 0.1) is 24.4 Å². The van der Waals surface area contributed by atoms with Crippen molar-refractivity contribution in [2.45, 2.75) is 46.0 Å². The molecule has 0 fully saturated rings. The fourth-order valence-corrected chi connectivity index (χ4v) is 4.75. The number of ether oxygens (including phenoxy) is 1. The quantitative estimate of drug-likeness (QED) is 0.244. The molecule has 236 valence electrons. The number of hydrogen-bond acceptors (Lipinski definition) is 7. The number of halogens is 6. The Morgan fingerprint density at radius 2 is 1.84 bits per heavy atom. The van der Waals surface area contributed by atoms with E-state index in [1.165, 1.54) is 29.9 Å². The third kappa shape index (κ3) is 6.31. The molecule has 0 spiro atoms. The fraction of sp³-hybridized carbons (Fsp3) is 0.345. The van der Waals surface area contributed by atoms with E-state index in [9.17, 15) is 27.2 Å². The molecule has 9 nitrogen and oxygen atoms in total. The van der Waals surface area contributed by atoms with Crippen LogP contribution in [0.5, 0.6) is 5.88 Å². The normalized spacial score (nSPS) is 16.8. The van der Waals surface area contributed by atoms with Crippen LogP contribution in [-0.2, 0) is 19.8 Å². The van der Waals surface area contributed by atoms with Crippen molar-refractivity contribution in [3.05, 3.63) is 80.2 Å². The minimum Gasteiger partial charge on any atom is -0.474 e. The van der Waals surface area contributed by atoms with Crippen LogP contribution in [-0.4, -0.2) is 34.7 Å². The molecule has 0 saturated heterocycles. The van der Waals surface area contributed by atoms with Crippen LogP contribution in [0.15, 0.2) is 34.9 Å². The predicted octanol–water partition coefficient (Wildman–Crippen LogP) is 4.78. The number of nitrogens with one attached hydrogen (secondary N) is 3. The molecule has 1 amide bonds. The number of carbonyl (C=O) groups excluding carboxylic acids is 1. The van der Waals surface area contributed by atoms with Crippen LogP contribution in [0.4, 0.5) is 37.7 Å².